The first-order valence-electron chi connectivity index (χ1n) is 8.65. The molecule has 0 saturated carbocycles. The minimum Gasteiger partial charge on any atom is -0.349 e. The number of amides is 2. The zero-order chi connectivity index (χ0) is 17.9. The Hall–Kier alpha value is -2.25. The first kappa shape index (κ1) is 17.2. The van der Waals surface area contributed by atoms with Gasteiger partial charge in [0.15, 0.2) is 0 Å². The zero-order valence-electron chi connectivity index (χ0n) is 14.2. The molecule has 0 radical (unpaired) electrons. The molecule has 134 valence electrons. The number of fused-ring (bicyclic) bond motifs is 1. The van der Waals surface area contributed by atoms with Crippen molar-refractivity contribution in [3.05, 3.63) is 51.7 Å². The third kappa shape index (κ3) is 3.64. The van der Waals surface area contributed by atoms with Gasteiger partial charge in [-0.05, 0) is 36.4 Å². The standard InChI is InChI=1S/C19H19N3O2S2/c23-18(20-11-17-21-14-6-1-2-7-15(14)26-17)13-5-3-9-22(12-13)19(24)16-8-4-10-25-16/h1-2,4,6-8,10,13H,3,5,9,11-12H2,(H,20,23). The summed E-state index contributed by atoms with van der Waals surface area (Å²) in [6, 6.07) is 11.7. The van der Waals surface area contributed by atoms with Gasteiger partial charge >= 0.3 is 0 Å². The number of nitrogens with zero attached hydrogens (tertiary/aromatic N) is 2. The van der Waals surface area contributed by atoms with Crippen molar-refractivity contribution in [3.63, 3.8) is 0 Å². The van der Waals surface area contributed by atoms with Gasteiger partial charge in [-0.15, -0.1) is 22.7 Å². The van der Waals surface area contributed by atoms with Crippen molar-refractivity contribution in [2.45, 2.75) is 19.4 Å². The summed E-state index contributed by atoms with van der Waals surface area (Å²) < 4.78 is 1.13. The lowest BCUT2D eigenvalue weighted by Gasteiger charge is -2.31. The quantitative estimate of drug-likeness (QED) is 0.747. The Kier molecular flexibility index (Phi) is 4.99. The molecule has 3 aromatic rings. The molecule has 1 aromatic carbocycles. The maximum atomic E-state index is 12.6. The summed E-state index contributed by atoms with van der Waals surface area (Å²) in [6.07, 6.45) is 1.68. The molecule has 2 aromatic heterocycles. The van der Waals surface area contributed by atoms with E-state index in [-0.39, 0.29) is 17.7 Å². The van der Waals surface area contributed by atoms with Gasteiger partial charge in [0.25, 0.3) is 5.91 Å². The summed E-state index contributed by atoms with van der Waals surface area (Å²) in [7, 11) is 0. The molecule has 0 spiro atoms. The van der Waals surface area contributed by atoms with Gasteiger partial charge in [-0.25, -0.2) is 4.98 Å². The van der Waals surface area contributed by atoms with Crippen molar-refractivity contribution >= 4 is 44.7 Å². The summed E-state index contributed by atoms with van der Waals surface area (Å²) in [6.45, 7) is 1.65. The number of piperidine rings is 1. The number of rotatable bonds is 4. The summed E-state index contributed by atoms with van der Waals surface area (Å²) in [5.41, 5.74) is 0.965. The van der Waals surface area contributed by atoms with Crippen LogP contribution in [0.5, 0.6) is 0 Å². The SMILES string of the molecule is O=C(NCc1nc2ccccc2s1)C1CCCN(C(=O)c2cccs2)C1. The van der Waals surface area contributed by atoms with E-state index in [0.717, 1.165) is 39.5 Å². The Labute approximate surface area is 159 Å². The predicted molar refractivity (Wildman–Crippen MR) is 104 cm³/mol. The number of nitrogens with one attached hydrogen (secondary N) is 1. The molecule has 5 nitrogen and oxygen atoms in total. The van der Waals surface area contributed by atoms with Crippen LogP contribution in [-0.2, 0) is 11.3 Å². The van der Waals surface area contributed by atoms with Crippen molar-refractivity contribution in [1.82, 2.24) is 15.2 Å². The average molecular weight is 386 g/mol. The van der Waals surface area contributed by atoms with E-state index < -0.39 is 0 Å². The Morgan fingerprint density at radius 1 is 1.23 bits per heavy atom. The highest BCUT2D eigenvalue weighted by atomic mass is 32.1. The molecule has 1 aliphatic heterocycles. The molecule has 1 aliphatic rings. The van der Waals surface area contributed by atoms with Gasteiger partial charge in [0.05, 0.1) is 27.6 Å². The molecule has 0 bridgehead atoms. The maximum absolute atomic E-state index is 12.6. The molecule has 4 rings (SSSR count). The topological polar surface area (TPSA) is 62.3 Å². The minimum atomic E-state index is -0.151. The van der Waals surface area contributed by atoms with E-state index in [0.29, 0.717) is 13.1 Å². The Balaban J connectivity index is 1.36. The fourth-order valence-corrected chi connectivity index (χ4v) is 4.83. The highest BCUT2D eigenvalue weighted by Crippen LogP contribution is 2.23. The number of carbonyl (C=O) groups excluding carboxylic acids is 2. The number of thiophene rings is 1. The molecule has 7 heteroatoms. The molecule has 2 amide bonds. The highest BCUT2D eigenvalue weighted by Gasteiger charge is 2.29. The number of likely N-dealkylation sites (tertiary alicyclic amines) is 1. The van der Waals surface area contributed by atoms with E-state index in [2.05, 4.69) is 10.3 Å². The second kappa shape index (κ2) is 7.55. The van der Waals surface area contributed by atoms with Crippen LogP contribution in [0.2, 0.25) is 0 Å². The van der Waals surface area contributed by atoms with Crippen LogP contribution in [0.3, 0.4) is 0 Å². The Morgan fingerprint density at radius 2 is 2.12 bits per heavy atom. The lowest BCUT2D eigenvalue weighted by Crippen LogP contribution is -2.45. The molecule has 1 saturated heterocycles. The van der Waals surface area contributed by atoms with Gasteiger partial charge in [0, 0.05) is 13.1 Å². The molecule has 0 aliphatic carbocycles. The molecule has 1 atom stereocenters. The van der Waals surface area contributed by atoms with Crippen LogP contribution in [0.4, 0.5) is 0 Å². The molecular formula is C19H19N3O2S2. The van der Waals surface area contributed by atoms with Crippen molar-refractivity contribution in [1.29, 1.82) is 0 Å². The molecule has 1 fully saturated rings. The van der Waals surface area contributed by atoms with Gasteiger partial charge in [0.1, 0.15) is 5.01 Å². The first-order valence-corrected chi connectivity index (χ1v) is 10.4. The van der Waals surface area contributed by atoms with Crippen molar-refractivity contribution < 1.29 is 9.59 Å². The van der Waals surface area contributed by atoms with E-state index >= 15 is 0 Å². The van der Waals surface area contributed by atoms with Crippen molar-refractivity contribution in [2.75, 3.05) is 13.1 Å². The van der Waals surface area contributed by atoms with Crippen molar-refractivity contribution in [2.24, 2.45) is 5.92 Å². The first-order chi connectivity index (χ1) is 12.7. The normalized spacial score (nSPS) is 17.4. The molecule has 1 N–H and O–H groups in total. The van der Waals surface area contributed by atoms with Crippen LogP contribution < -0.4 is 5.32 Å². The minimum absolute atomic E-state index is 0.00735. The van der Waals surface area contributed by atoms with Crippen LogP contribution in [0.1, 0.15) is 27.5 Å². The lowest BCUT2D eigenvalue weighted by molar-refractivity contribution is -0.126. The van der Waals surface area contributed by atoms with E-state index in [1.54, 1.807) is 16.2 Å². The fourth-order valence-electron chi connectivity index (χ4n) is 3.23. The van der Waals surface area contributed by atoms with E-state index in [9.17, 15) is 9.59 Å². The fraction of sp³-hybridized carbons (Fsp3) is 0.316. The number of aromatic nitrogens is 1. The third-order valence-electron chi connectivity index (χ3n) is 4.56. The molecular weight excluding hydrogens is 366 g/mol. The predicted octanol–water partition coefficient (Wildman–Crippen LogP) is 3.53. The number of para-hydroxylation sites is 1. The number of hydrogen-bond donors (Lipinski definition) is 1. The number of carbonyl (C=O) groups is 2. The smallest absolute Gasteiger partial charge is 0.263 e. The second-order valence-corrected chi connectivity index (χ2v) is 8.42. The third-order valence-corrected chi connectivity index (χ3v) is 6.46. The van der Waals surface area contributed by atoms with E-state index in [1.807, 2.05) is 41.8 Å². The van der Waals surface area contributed by atoms with Gasteiger partial charge in [-0.1, -0.05) is 18.2 Å². The number of benzene rings is 1. The Bertz CT molecular complexity index is 887. The van der Waals surface area contributed by atoms with Gasteiger partial charge in [-0.3, -0.25) is 9.59 Å². The zero-order valence-corrected chi connectivity index (χ0v) is 15.8. The number of hydrogen-bond acceptors (Lipinski definition) is 5. The van der Waals surface area contributed by atoms with Crippen LogP contribution in [0, 0.1) is 5.92 Å². The highest BCUT2D eigenvalue weighted by molar-refractivity contribution is 7.18. The summed E-state index contributed by atoms with van der Waals surface area (Å²) in [4.78, 5) is 32.2. The summed E-state index contributed by atoms with van der Waals surface area (Å²) in [5.74, 6) is -0.112. The van der Waals surface area contributed by atoms with Crippen LogP contribution in [-0.4, -0.2) is 34.8 Å². The van der Waals surface area contributed by atoms with Gasteiger partial charge in [0.2, 0.25) is 5.91 Å². The van der Waals surface area contributed by atoms with Crippen LogP contribution in [0.25, 0.3) is 10.2 Å². The van der Waals surface area contributed by atoms with Gasteiger partial charge < -0.3 is 10.2 Å². The monoisotopic (exact) mass is 385 g/mol. The second-order valence-electron chi connectivity index (χ2n) is 6.36. The van der Waals surface area contributed by atoms with Crippen LogP contribution in [0.15, 0.2) is 41.8 Å². The molecule has 3 heterocycles. The van der Waals surface area contributed by atoms with Crippen LogP contribution >= 0.6 is 22.7 Å². The van der Waals surface area contributed by atoms with E-state index in [1.165, 1.54) is 11.3 Å². The van der Waals surface area contributed by atoms with E-state index in [4.69, 9.17) is 0 Å². The summed E-state index contributed by atoms with van der Waals surface area (Å²) >= 11 is 3.05. The van der Waals surface area contributed by atoms with Crippen molar-refractivity contribution in [3.8, 4) is 0 Å². The maximum Gasteiger partial charge on any atom is 0.263 e. The summed E-state index contributed by atoms with van der Waals surface area (Å²) in [5, 5.41) is 5.80. The Morgan fingerprint density at radius 3 is 2.92 bits per heavy atom. The van der Waals surface area contributed by atoms with Gasteiger partial charge in [-0.2, -0.15) is 0 Å². The average Bonchev–Trinajstić information content (AvgIpc) is 3.35. The molecule has 1 unspecified atom stereocenters. The largest absolute Gasteiger partial charge is 0.349 e. The number of thiazole rings is 1. The molecule has 26 heavy (non-hydrogen) atoms. The lowest BCUT2D eigenvalue weighted by atomic mass is 9.97.